The number of ether oxygens (including phenoxy) is 1. The topological polar surface area (TPSA) is 112 Å². The molecule has 4 amide bonds. The van der Waals surface area contributed by atoms with Gasteiger partial charge in [-0.05, 0) is 23.8 Å². The van der Waals surface area contributed by atoms with E-state index in [2.05, 4.69) is 20.9 Å². The van der Waals surface area contributed by atoms with Crippen LogP contribution in [0.5, 0.6) is 0 Å². The molecule has 9 nitrogen and oxygen atoms in total. The zero-order valence-corrected chi connectivity index (χ0v) is 20.9. The average molecular weight is 520 g/mol. The molecule has 0 bridgehead atoms. The minimum Gasteiger partial charge on any atom is -0.445 e. The zero-order chi connectivity index (χ0) is 26.2. The van der Waals surface area contributed by atoms with Crippen LogP contribution in [-0.4, -0.2) is 49.4 Å². The van der Waals surface area contributed by atoms with Crippen LogP contribution in [0.25, 0.3) is 0 Å². The van der Waals surface area contributed by atoms with Crippen LogP contribution in [0.2, 0.25) is 0 Å². The number of alkyl halides is 1. The van der Waals surface area contributed by atoms with E-state index >= 15 is 0 Å². The van der Waals surface area contributed by atoms with Gasteiger partial charge in [0, 0.05) is 36.3 Å². The predicted octanol–water partition coefficient (Wildman–Crippen LogP) is 4.11. The molecule has 1 aliphatic rings. The van der Waals surface area contributed by atoms with Crippen molar-refractivity contribution < 1.29 is 19.1 Å². The largest absolute Gasteiger partial charge is 0.445 e. The minimum absolute atomic E-state index is 0.0140. The Bertz CT molecular complexity index is 1310. The highest BCUT2D eigenvalue weighted by Crippen LogP contribution is 2.27. The molecule has 190 valence electrons. The number of anilines is 2. The van der Waals surface area contributed by atoms with E-state index in [1.807, 2.05) is 54.6 Å². The third kappa shape index (κ3) is 6.45. The molecular formula is C27H26ClN5O4. The Morgan fingerprint density at radius 1 is 1.03 bits per heavy atom. The summed E-state index contributed by atoms with van der Waals surface area (Å²) < 4.78 is 5.13. The van der Waals surface area contributed by atoms with Gasteiger partial charge in [-0.1, -0.05) is 60.7 Å². The van der Waals surface area contributed by atoms with Crippen molar-refractivity contribution in [1.29, 1.82) is 0 Å². The van der Waals surface area contributed by atoms with Gasteiger partial charge in [-0.25, -0.2) is 14.6 Å². The summed E-state index contributed by atoms with van der Waals surface area (Å²) in [6.07, 6.45) is -1.73. The number of benzodiazepines with no additional fused rings is 1. The Kier molecular flexibility index (Phi) is 8.37. The van der Waals surface area contributed by atoms with Crippen LogP contribution in [0.1, 0.15) is 16.7 Å². The highest BCUT2D eigenvalue weighted by atomic mass is 35.5. The molecule has 1 heterocycles. The monoisotopic (exact) mass is 519 g/mol. The molecule has 0 radical (unpaired) electrons. The Hall–Kier alpha value is -4.37. The van der Waals surface area contributed by atoms with E-state index in [0.717, 1.165) is 11.1 Å². The molecular weight excluding hydrogens is 494 g/mol. The van der Waals surface area contributed by atoms with Crippen LogP contribution < -0.4 is 20.9 Å². The SMILES string of the molecule is CN1C(=O)[C@H](NC(=O)Nc2cccc(COC(=O)NCCCl)c2)N=C(c2ccccc2)c2ccccc21. The number of hydrogen-bond acceptors (Lipinski definition) is 5. The van der Waals surface area contributed by atoms with Crippen molar-refractivity contribution in [1.82, 2.24) is 10.6 Å². The number of para-hydroxylation sites is 1. The van der Waals surface area contributed by atoms with E-state index < -0.39 is 18.3 Å². The molecule has 0 aliphatic carbocycles. The van der Waals surface area contributed by atoms with Gasteiger partial charge in [0.2, 0.25) is 6.17 Å². The number of urea groups is 1. The van der Waals surface area contributed by atoms with Crippen molar-refractivity contribution >= 4 is 46.7 Å². The second-order valence-electron chi connectivity index (χ2n) is 8.15. The molecule has 0 saturated carbocycles. The second-order valence-corrected chi connectivity index (χ2v) is 8.53. The van der Waals surface area contributed by atoms with E-state index in [9.17, 15) is 14.4 Å². The normalized spacial score (nSPS) is 14.6. The molecule has 37 heavy (non-hydrogen) atoms. The first-order valence-corrected chi connectivity index (χ1v) is 12.1. The molecule has 1 atom stereocenters. The molecule has 0 aromatic heterocycles. The average Bonchev–Trinajstić information content (AvgIpc) is 3.02. The third-order valence-corrected chi connectivity index (χ3v) is 5.77. The number of carbonyl (C=O) groups excluding carboxylic acids is 3. The van der Waals surface area contributed by atoms with Crippen molar-refractivity contribution in [2.24, 2.45) is 4.99 Å². The molecule has 0 saturated heterocycles. The molecule has 3 aromatic carbocycles. The number of alkyl carbamates (subject to hydrolysis) is 1. The van der Waals surface area contributed by atoms with Crippen LogP contribution in [0, 0.1) is 0 Å². The van der Waals surface area contributed by atoms with Gasteiger partial charge < -0.3 is 25.6 Å². The molecule has 1 aliphatic heterocycles. The molecule has 0 spiro atoms. The molecule has 3 N–H and O–H groups in total. The number of benzene rings is 3. The fourth-order valence-corrected chi connectivity index (χ4v) is 3.92. The second kappa shape index (κ2) is 12.0. The summed E-state index contributed by atoms with van der Waals surface area (Å²) >= 11 is 5.54. The van der Waals surface area contributed by atoms with E-state index in [1.165, 1.54) is 4.90 Å². The zero-order valence-electron chi connectivity index (χ0n) is 20.1. The summed E-state index contributed by atoms with van der Waals surface area (Å²) in [5.74, 6) is -0.0926. The first kappa shape index (κ1) is 25.7. The number of fused-ring (bicyclic) bond motifs is 1. The van der Waals surface area contributed by atoms with Gasteiger partial charge in [0.05, 0.1) is 11.4 Å². The number of likely N-dealkylation sites (N-methyl/N-ethyl adjacent to an activating group) is 1. The number of amides is 4. The molecule has 3 aromatic rings. The predicted molar refractivity (Wildman–Crippen MR) is 143 cm³/mol. The van der Waals surface area contributed by atoms with Crippen molar-refractivity contribution in [2.45, 2.75) is 12.8 Å². The van der Waals surface area contributed by atoms with Gasteiger partial charge in [-0.15, -0.1) is 11.6 Å². The molecule has 4 rings (SSSR count). The fourth-order valence-electron chi connectivity index (χ4n) is 3.82. The Labute approximate surface area is 219 Å². The lowest BCUT2D eigenvalue weighted by Crippen LogP contribution is -2.47. The first-order chi connectivity index (χ1) is 18.0. The van der Waals surface area contributed by atoms with E-state index in [4.69, 9.17) is 16.3 Å². The van der Waals surface area contributed by atoms with Crippen molar-refractivity contribution in [3.63, 3.8) is 0 Å². The van der Waals surface area contributed by atoms with Crippen LogP contribution in [0.15, 0.2) is 83.9 Å². The lowest BCUT2D eigenvalue weighted by Gasteiger charge is -2.21. The van der Waals surface area contributed by atoms with E-state index in [0.29, 0.717) is 29.2 Å². The highest BCUT2D eigenvalue weighted by Gasteiger charge is 2.30. The maximum Gasteiger partial charge on any atom is 0.407 e. The van der Waals surface area contributed by atoms with Crippen LogP contribution >= 0.6 is 11.6 Å². The number of aliphatic imine (C=N–C) groups is 1. The van der Waals surface area contributed by atoms with Crippen molar-refractivity contribution in [2.75, 3.05) is 29.7 Å². The number of nitrogens with one attached hydrogen (secondary N) is 3. The maximum absolute atomic E-state index is 13.3. The Morgan fingerprint density at radius 3 is 2.57 bits per heavy atom. The first-order valence-electron chi connectivity index (χ1n) is 11.6. The molecule has 0 unspecified atom stereocenters. The smallest absolute Gasteiger partial charge is 0.407 e. The van der Waals surface area contributed by atoms with Crippen LogP contribution in [0.3, 0.4) is 0 Å². The van der Waals surface area contributed by atoms with E-state index in [-0.39, 0.29) is 18.4 Å². The van der Waals surface area contributed by atoms with Crippen LogP contribution in [0.4, 0.5) is 21.0 Å². The summed E-state index contributed by atoms with van der Waals surface area (Å²) in [6, 6.07) is 23.2. The lowest BCUT2D eigenvalue weighted by molar-refractivity contribution is -0.119. The van der Waals surface area contributed by atoms with Gasteiger partial charge in [-0.3, -0.25) is 4.79 Å². The van der Waals surface area contributed by atoms with Crippen molar-refractivity contribution in [3.8, 4) is 0 Å². The Balaban J connectivity index is 1.50. The number of halogens is 1. The van der Waals surface area contributed by atoms with E-state index in [1.54, 1.807) is 31.3 Å². The summed E-state index contributed by atoms with van der Waals surface area (Å²) in [5.41, 5.74) is 4.05. The quantitative estimate of drug-likeness (QED) is 0.408. The summed E-state index contributed by atoms with van der Waals surface area (Å²) in [6.45, 7) is 0.316. The van der Waals surface area contributed by atoms with Crippen molar-refractivity contribution in [3.05, 3.63) is 95.6 Å². The highest BCUT2D eigenvalue weighted by molar-refractivity contribution is 6.20. The minimum atomic E-state index is -1.15. The molecule has 0 fully saturated rings. The van der Waals surface area contributed by atoms with Crippen LogP contribution in [-0.2, 0) is 16.1 Å². The maximum atomic E-state index is 13.3. The summed E-state index contributed by atoms with van der Waals surface area (Å²) in [5, 5.41) is 7.91. The third-order valence-electron chi connectivity index (χ3n) is 5.58. The number of nitrogens with zero attached hydrogens (tertiary/aromatic N) is 2. The summed E-state index contributed by atoms with van der Waals surface area (Å²) in [7, 11) is 1.66. The summed E-state index contributed by atoms with van der Waals surface area (Å²) in [4.78, 5) is 44.0. The fraction of sp³-hybridized carbons (Fsp3) is 0.185. The number of rotatable bonds is 7. The van der Waals surface area contributed by atoms with Gasteiger partial charge >= 0.3 is 12.1 Å². The van der Waals surface area contributed by atoms with Gasteiger partial charge in [0.25, 0.3) is 5.91 Å². The van der Waals surface area contributed by atoms with Gasteiger partial charge in [0.1, 0.15) is 6.61 Å². The van der Waals surface area contributed by atoms with Gasteiger partial charge in [-0.2, -0.15) is 0 Å². The number of carbonyl (C=O) groups is 3. The standard InChI is InChI=1S/C27H26ClN5O4/c1-33-22-13-6-5-12-21(22)23(19-9-3-2-4-10-19)31-24(25(33)34)32-26(35)30-20-11-7-8-18(16-20)17-37-27(36)29-15-14-28/h2-13,16,24H,14-15,17H2,1H3,(H,29,36)(H2,30,32,35)/t24-/m0/s1. The molecule has 10 heteroatoms. The Morgan fingerprint density at radius 2 is 1.78 bits per heavy atom. The van der Waals surface area contributed by atoms with Gasteiger partial charge in [0.15, 0.2) is 0 Å². The number of hydrogen-bond donors (Lipinski definition) is 3. The lowest BCUT2D eigenvalue weighted by atomic mass is 10.0.